The molecule has 7 heteroatoms. The molecule has 4 rings (SSSR count). The fourth-order valence-corrected chi connectivity index (χ4v) is 5.71. The highest BCUT2D eigenvalue weighted by molar-refractivity contribution is 14.1. The van der Waals surface area contributed by atoms with E-state index in [4.69, 9.17) is 0 Å². The average Bonchev–Trinajstić information content (AvgIpc) is 3.13. The molecule has 3 amide bonds. The molecule has 0 bridgehead atoms. The number of rotatable bonds is 9. The maximum Gasteiger partial charge on any atom is 0.255 e. The van der Waals surface area contributed by atoms with Crippen molar-refractivity contribution in [3.8, 4) is 0 Å². The van der Waals surface area contributed by atoms with Crippen molar-refractivity contribution in [3.63, 3.8) is 0 Å². The minimum Gasteiger partial charge on any atom is -0.322 e. The molecule has 2 aliphatic rings. The van der Waals surface area contributed by atoms with Gasteiger partial charge in [-0.3, -0.25) is 19.7 Å². The largest absolute Gasteiger partial charge is 0.322 e. The van der Waals surface area contributed by atoms with Crippen LogP contribution in [-0.4, -0.2) is 38.8 Å². The van der Waals surface area contributed by atoms with E-state index < -0.39 is 6.04 Å². The number of carbonyl (C=O) groups excluding carboxylic acids is 3. The van der Waals surface area contributed by atoms with E-state index in [1.807, 2.05) is 12.1 Å². The van der Waals surface area contributed by atoms with E-state index in [9.17, 15) is 14.4 Å². The number of nitrogens with zero attached hydrogens (tertiary/aromatic N) is 1. The van der Waals surface area contributed by atoms with Crippen LogP contribution in [0.15, 0.2) is 47.4 Å². The van der Waals surface area contributed by atoms with Gasteiger partial charge in [0.2, 0.25) is 11.8 Å². The van der Waals surface area contributed by atoms with Gasteiger partial charge in [-0.1, -0.05) is 52.9 Å². The quantitative estimate of drug-likeness (QED) is 0.160. The molecule has 1 saturated heterocycles. The van der Waals surface area contributed by atoms with Crippen molar-refractivity contribution >= 4 is 52.1 Å². The zero-order valence-electron chi connectivity index (χ0n) is 17.9. The van der Waals surface area contributed by atoms with Gasteiger partial charge >= 0.3 is 0 Å². The number of hydrogen-bond acceptors (Lipinski definition) is 4. The SMILES string of the molecule is O=C1CCC(N2Cc3c(SCCCc4ccc(CCCI)cc4)cccc3C2=O)C(=O)N1. The van der Waals surface area contributed by atoms with Gasteiger partial charge in [0, 0.05) is 23.4 Å². The van der Waals surface area contributed by atoms with Gasteiger partial charge in [0.25, 0.3) is 5.91 Å². The van der Waals surface area contributed by atoms with Crippen LogP contribution < -0.4 is 5.32 Å². The lowest BCUT2D eigenvalue weighted by atomic mass is 10.0. The molecule has 168 valence electrons. The Labute approximate surface area is 206 Å². The monoisotopic (exact) mass is 562 g/mol. The Balaban J connectivity index is 1.33. The molecular weight excluding hydrogens is 535 g/mol. The number of nitrogens with one attached hydrogen (secondary N) is 1. The van der Waals surface area contributed by atoms with Crippen molar-refractivity contribution in [1.82, 2.24) is 10.2 Å². The zero-order valence-corrected chi connectivity index (χ0v) is 20.9. The van der Waals surface area contributed by atoms with E-state index >= 15 is 0 Å². The Bertz CT molecular complexity index is 1010. The number of fused-ring (bicyclic) bond motifs is 1. The Morgan fingerprint density at radius 2 is 1.72 bits per heavy atom. The Morgan fingerprint density at radius 1 is 1.00 bits per heavy atom. The Hall–Kier alpha value is -1.87. The van der Waals surface area contributed by atoms with E-state index in [1.165, 1.54) is 22.0 Å². The summed E-state index contributed by atoms with van der Waals surface area (Å²) >= 11 is 4.20. The molecule has 32 heavy (non-hydrogen) atoms. The van der Waals surface area contributed by atoms with Crippen molar-refractivity contribution < 1.29 is 14.4 Å². The molecule has 1 atom stereocenters. The fourth-order valence-electron chi connectivity index (χ4n) is 4.29. The second kappa shape index (κ2) is 10.8. The number of amides is 3. The third kappa shape index (κ3) is 5.36. The number of imide groups is 1. The molecule has 0 aliphatic carbocycles. The first kappa shape index (κ1) is 23.3. The smallest absolute Gasteiger partial charge is 0.255 e. The van der Waals surface area contributed by atoms with E-state index in [1.54, 1.807) is 16.7 Å². The summed E-state index contributed by atoms with van der Waals surface area (Å²) in [7, 11) is 0. The van der Waals surface area contributed by atoms with Gasteiger partial charge in [0.1, 0.15) is 6.04 Å². The average molecular weight is 562 g/mol. The molecule has 1 N–H and O–H groups in total. The highest BCUT2D eigenvalue weighted by Gasteiger charge is 2.39. The van der Waals surface area contributed by atoms with Gasteiger partial charge < -0.3 is 4.90 Å². The summed E-state index contributed by atoms with van der Waals surface area (Å²) in [5.41, 5.74) is 4.46. The summed E-state index contributed by atoms with van der Waals surface area (Å²) in [4.78, 5) is 39.4. The van der Waals surface area contributed by atoms with Crippen LogP contribution in [0.4, 0.5) is 0 Å². The van der Waals surface area contributed by atoms with Crippen molar-refractivity contribution in [2.24, 2.45) is 0 Å². The Morgan fingerprint density at radius 3 is 2.41 bits per heavy atom. The van der Waals surface area contributed by atoms with Crippen LogP contribution in [0.3, 0.4) is 0 Å². The third-order valence-electron chi connectivity index (χ3n) is 6.03. The van der Waals surface area contributed by atoms with Crippen molar-refractivity contribution in [2.75, 3.05) is 10.2 Å². The first-order chi connectivity index (χ1) is 15.6. The van der Waals surface area contributed by atoms with E-state index in [0.29, 0.717) is 18.5 Å². The molecule has 5 nitrogen and oxygen atoms in total. The molecule has 2 aromatic carbocycles. The molecule has 2 aliphatic heterocycles. The summed E-state index contributed by atoms with van der Waals surface area (Å²) in [6.45, 7) is 0.433. The lowest BCUT2D eigenvalue weighted by molar-refractivity contribution is -0.136. The van der Waals surface area contributed by atoms with Gasteiger partial charge in [0.15, 0.2) is 0 Å². The molecule has 0 spiro atoms. The molecule has 2 heterocycles. The van der Waals surface area contributed by atoms with Crippen LogP contribution in [-0.2, 0) is 29.0 Å². The number of piperidine rings is 1. The number of aryl methyl sites for hydroxylation is 2. The second-order valence-corrected chi connectivity index (χ2v) is 10.5. The predicted molar refractivity (Wildman–Crippen MR) is 135 cm³/mol. The molecule has 0 saturated carbocycles. The molecule has 0 radical (unpaired) electrons. The fraction of sp³-hybridized carbons (Fsp3) is 0.400. The van der Waals surface area contributed by atoms with Crippen LogP contribution in [0.2, 0.25) is 0 Å². The van der Waals surface area contributed by atoms with Gasteiger partial charge in [-0.05, 0) is 71.1 Å². The van der Waals surface area contributed by atoms with Crippen molar-refractivity contribution in [3.05, 3.63) is 64.7 Å². The summed E-state index contributed by atoms with van der Waals surface area (Å²) in [6, 6.07) is 14.2. The van der Waals surface area contributed by atoms with E-state index in [2.05, 4.69) is 58.2 Å². The van der Waals surface area contributed by atoms with Gasteiger partial charge in [0.05, 0.1) is 0 Å². The predicted octanol–water partition coefficient (Wildman–Crippen LogP) is 4.54. The van der Waals surface area contributed by atoms with E-state index in [0.717, 1.165) is 35.5 Å². The Kier molecular flexibility index (Phi) is 7.88. The highest BCUT2D eigenvalue weighted by atomic mass is 127. The van der Waals surface area contributed by atoms with Crippen LogP contribution in [0.25, 0.3) is 0 Å². The first-order valence-electron chi connectivity index (χ1n) is 11.1. The standard InChI is InChI=1S/C25H27IN2O3S/c26-14-2-4-17-8-10-18(11-9-17)5-3-15-32-22-7-1-6-19-20(22)16-28(25(19)31)21-12-13-23(29)27-24(21)30/h1,6-11,21H,2-5,12-16H2,(H,27,29,30). The lowest BCUT2D eigenvalue weighted by Gasteiger charge is -2.29. The van der Waals surface area contributed by atoms with Crippen LogP contribution in [0.5, 0.6) is 0 Å². The number of alkyl halides is 1. The number of benzene rings is 2. The molecular formula is C25H27IN2O3S. The molecule has 1 unspecified atom stereocenters. The first-order valence-corrected chi connectivity index (χ1v) is 13.6. The van der Waals surface area contributed by atoms with Gasteiger partial charge in [-0.25, -0.2) is 0 Å². The summed E-state index contributed by atoms with van der Waals surface area (Å²) in [5, 5.41) is 2.36. The van der Waals surface area contributed by atoms with Crippen LogP contribution in [0.1, 0.15) is 52.7 Å². The molecule has 1 fully saturated rings. The second-order valence-electron chi connectivity index (χ2n) is 8.24. The van der Waals surface area contributed by atoms with Crippen molar-refractivity contribution in [1.29, 1.82) is 0 Å². The summed E-state index contributed by atoms with van der Waals surface area (Å²) in [6.07, 6.45) is 5.14. The van der Waals surface area contributed by atoms with Crippen LogP contribution >= 0.6 is 34.4 Å². The van der Waals surface area contributed by atoms with Gasteiger partial charge in [-0.2, -0.15) is 0 Å². The summed E-state index contributed by atoms with van der Waals surface area (Å²) in [5.74, 6) is 0.234. The van der Waals surface area contributed by atoms with Crippen LogP contribution in [0, 0.1) is 0 Å². The molecule has 0 aromatic heterocycles. The third-order valence-corrected chi connectivity index (χ3v) is 7.98. The minimum atomic E-state index is -0.565. The minimum absolute atomic E-state index is 0.111. The maximum absolute atomic E-state index is 12.9. The number of halogens is 1. The van der Waals surface area contributed by atoms with Crippen molar-refractivity contribution in [2.45, 2.75) is 56.0 Å². The topological polar surface area (TPSA) is 66.5 Å². The normalized spacial score (nSPS) is 18.1. The van der Waals surface area contributed by atoms with Gasteiger partial charge in [-0.15, -0.1) is 11.8 Å². The number of hydrogen-bond donors (Lipinski definition) is 1. The van der Waals surface area contributed by atoms with E-state index in [-0.39, 0.29) is 24.1 Å². The lowest BCUT2D eigenvalue weighted by Crippen LogP contribution is -2.52. The highest BCUT2D eigenvalue weighted by Crippen LogP contribution is 2.34. The zero-order chi connectivity index (χ0) is 22.5. The number of carbonyl (C=O) groups is 3. The summed E-state index contributed by atoms with van der Waals surface area (Å²) < 4.78 is 1.19. The maximum atomic E-state index is 12.9. The number of thioether (sulfide) groups is 1. The molecule has 2 aromatic rings.